The monoisotopic (exact) mass is 229 g/mol. The van der Waals surface area contributed by atoms with Crippen LogP contribution in [0.3, 0.4) is 0 Å². The molecule has 0 spiro atoms. The molecule has 1 atom stereocenters. The summed E-state index contributed by atoms with van der Waals surface area (Å²) in [6.07, 6.45) is -0.994. The molecular formula is C10H15NO5. The quantitative estimate of drug-likeness (QED) is 0.324. The molecule has 0 aliphatic carbocycles. The lowest BCUT2D eigenvalue weighted by Gasteiger charge is -2.14. The Balaban J connectivity index is 5.19. The molecule has 0 radical (unpaired) electrons. The number of carbonyl (C=O) groups excluding carboxylic acids is 2. The predicted octanol–water partition coefficient (Wildman–Crippen LogP) is 0.963. The van der Waals surface area contributed by atoms with E-state index in [2.05, 4.69) is 9.47 Å². The van der Waals surface area contributed by atoms with E-state index in [1.165, 1.54) is 20.8 Å². The molecule has 0 aromatic carbocycles. The second kappa shape index (κ2) is 5.89. The van der Waals surface area contributed by atoms with Crippen molar-refractivity contribution in [2.45, 2.75) is 26.9 Å². The number of aliphatic hydroxyl groups is 1. The van der Waals surface area contributed by atoms with Crippen LogP contribution >= 0.6 is 0 Å². The molecule has 90 valence electrons. The van der Waals surface area contributed by atoms with E-state index < -0.39 is 23.8 Å². The molecule has 0 heterocycles. The number of nitrogens with one attached hydrogen (secondary N) is 1. The van der Waals surface area contributed by atoms with Crippen LogP contribution < -0.4 is 0 Å². The summed E-state index contributed by atoms with van der Waals surface area (Å²) in [7, 11) is 1.13. The third-order valence-electron chi connectivity index (χ3n) is 1.75. The summed E-state index contributed by atoms with van der Waals surface area (Å²) >= 11 is 0. The van der Waals surface area contributed by atoms with Gasteiger partial charge in [0.25, 0.3) is 0 Å². The van der Waals surface area contributed by atoms with Crippen molar-refractivity contribution in [2.24, 2.45) is 0 Å². The van der Waals surface area contributed by atoms with Crippen LogP contribution in [0.2, 0.25) is 0 Å². The van der Waals surface area contributed by atoms with E-state index in [9.17, 15) is 14.7 Å². The Morgan fingerprint density at radius 1 is 1.31 bits per heavy atom. The van der Waals surface area contributed by atoms with Gasteiger partial charge in [-0.1, -0.05) is 0 Å². The van der Waals surface area contributed by atoms with Crippen LogP contribution in [0, 0.1) is 5.41 Å². The van der Waals surface area contributed by atoms with Crippen LogP contribution in [-0.4, -0.2) is 36.0 Å². The second-order valence-corrected chi connectivity index (χ2v) is 3.13. The highest BCUT2D eigenvalue weighted by molar-refractivity contribution is 6.18. The van der Waals surface area contributed by atoms with E-state index in [1.54, 1.807) is 0 Å². The van der Waals surface area contributed by atoms with E-state index in [0.29, 0.717) is 0 Å². The number of esters is 2. The SMILES string of the molecule is COC(=O)C(C(C)=N)=C(O)C(C)OC(C)=O. The number of aliphatic hydroxyl groups excluding tert-OH is 1. The van der Waals surface area contributed by atoms with Gasteiger partial charge in [0, 0.05) is 12.6 Å². The normalized spacial score (nSPS) is 13.5. The van der Waals surface area contributed by atoms with Crippen LogP contribution in [-0.2, 0) is 19.1 Å². The van der Waals surface area contributed by atoms with Crippen LogP contribution in [0.25, 0.3) is 0 Å². The first-order valence-electron chi connectivity index (χ1n) is 4.55. The molecule has 0 saturated heterocycles. The molecule has 0 aliphatic heterocycles. The molecule has 2 N–H and O–H groups in total. The van der Waals surface area contributed by atoms with Crippen molar-refractivity contribution in [3.63, 3.8) is 0 Å². The van der Waals surface area contributed by atoms with Crippen molar-refractivity contribution < 1.29 is 24.2 Å². The van der Waals surface area contributed by atoms with Gasteiger partial charge in [-0.15, -0.1) is 0 Å². The maximum absolute atomic E-state index is 11.3. The third-order valence-corrected chi connectivity index (χ3v) is 1.75. The van der Waals surface area contributed by atoms with Crippen molar-refractivity contribution >= 4 is 17.7 Å². The Morgan fingerprint density at radius 2 is 1.81 bits per heavy atom. The molecular weight excluding hydrogens is 214 g/mol. The van der Waals surface area contributed by atoms with Gasteiger partial charge in [0.15, 0.2) is 6.10 Å². The molecule has 0 amide bonds. The van der Waals surface area contributed by atoms with Gasteiger partial charge in [0.2, 0.25) is 0 Å². The van der Waals surface area contributed by atoms with Gasteiger partial charge in [-0.05, 0) is 13.8 Å². The zero-order chi connectivity index (χ0) is 12.9. The Morgan fingerprint density at radius 3 is 2.12 bits per heavy atom. The molecule has 0 aromatic rings. The lowest BCUT2D eigenvalue weighted by Crippen LogP contribution is -2.22. The van der Waals surface area contributed by atoms with Gasteiger partial charge in [-0.25, -0.2) is 4.79 Å². The lowest BCUT2D eigenvalue weighted by atomic mass is 10.1. The number of ether oxygens (including phenoxy) is 2. The minimum atomic E-state index is -0.994. The van der Waals surface area contributed by atoms with Gasteiger partial charge >= 0.3 is 11.9 Å². The fourth-order valence-corrected chi connectivity index (χ4v) is 1.06. The van der Waals surface area contributed by atoms with Gasteiger partial charge in [0.1, 0.15) is 11.3 Å². The van der Waals surface area contributed by atoms with E-state index in [-0.39, 0.29) is 11.3 Å². The van der Waals surface area contributed by atoms with Crippen LogP contribution in [0.1, 0.15) is 20.8 Å². The fraction of sp³-hybridized carbons (Fsp3) is 0.500. The van der Waals surface area contributed by atoms with Crippen LogP contribution in [0.4, 0.5) is 0 Å². The lowest BCUT2D eigenvalue weighted by molar-refractivity contribution is -0.145. The second-order valence-electron chi connectivity index (χ2n) is 3.13. The summed E-state index contributed by atoms with van der Waals surface area (Å²) in [6.45, 7) is 3.89. The molecule has 0 aromatic heterocycles. The third kappa shape index (κ3) is 3.72. The summed E-state index contributed by atoms with van der Waals surface area (Å²) < 4.78 is 9.10. The molecule has 6 heteroatoms. The maximum atomic E-state index is 11.3. The first-order chi connectivity index (χ1) is 7.31. The number of methoxy groups -OCH3 is 1. The van der Waals surface area contributed by atoms with Gasteiger partial charge in [-0.2, -0.15) is 0 Å². The standard InChI is InChI=1S/C10H15NO5/c1-5(11)8(10(14)15-4)9(13)6(2)16-7(3)12/h6,11,13H,1-4H3. The summed E-state index contributed by atoms with van der Waals surface area (Å²) in [6, 6.07) is 0. The molecule has 1 unspecified atom stereocenters. The molecule has 0 saturated carbocycles. The summed E-state index contributed by atoms with van der Waals surface area (Å²) in [5, 5.41) is 17.0. The highest BCUT2D eigenvalue weighted by Crippen LogP contribution is 2.12. The van der Waals surface area contributed by atoms with E-state index in [0.717, 1.165) is 7.11 Å². The molecule has 6 nitrogen and oxygen atoms in total. The number of carbonyl (C=O) groups is 2. The molecule has 0 fully saturated rings. The highest BCUT2D eigenvalue weighted by Gasteiger charge is 2.23. The minimum absolute atomic E-state index is 0.164. The average molecular weight is 229 g/mol. The first-order valence-corrected chi connectivity index (χ1v) is 4.55. The van der Waals surface area contributed by atoms with Crippen molar-refractivity contribution in [3.05, 3.63) is 11.3 Å². The Kier molecular flexibility index (Phi) is 5.21. The van der Waals surface area contributed by atoms with Gasteiger partial charge in [0.05, 0.1) is 7.11 Å². The summed E-state index contributed by atoms with van der Waals surface area (Å²) in [4.78, 5) is 21.9. The Bertz CT molecular complexity index is 345. The molecule has 0 rings (SSSR count). The van der Waals surface area contributed by atoms with Crippen LogP contribution in [0.15, 0.2) is 11.3 Å². The topological polar surface area (TPSA) is 96.7 Å². The Labute approximate surface area is 93.4 Å². The van der Waals surface area contributed by atoms with Crippen molar-refractivity contribution in [1.29, 1.82) is 5.41 Å². The van der Waals surface area contributed by atoms with E-state index >= 15 is 0 Å². The predicted molar refractivity (Wildman–Crippen MR) is 56.3 cm³/mol. The molecule has 0 bridgehead atoms. The number of rotatable bonds is 4. The fourth-order valence-electron chi connectivity index (χ4n) is 1.06. The average Bonchev–Trinajstić information content (AvgIpc) is 2.15. The zero-order valence-electron chi connectivity index (χ0n) is 9.66. The molecule has 16 heavy (non-hydrogen) atoms. The number of hydrogen-bond donors (Lipinski definition) is 2. The van der Waals surface area contributed by atoms with Crippen molar-refractivity contribution in [3.8, 4) is 0 Å². The number of hydrogen-bond acceptors (Lipinski definition) is 6. The van der Waals surface area contributed by atoms with E-state index in [4.69, 9.17) is 5.41 Å². The van der Waals surface area contributed by atoms with Crippen LogP contribution in [0.5, 0.6) is 0 Å². The first kappa shape index (κ1) is 14.2. The van der Waals surface area contributed by atoms with Crippen molar-refractivity contribution in [1.82, 2.24) is 0 Å². The summed E-state index contributed by atoms with van der Waals surface area (Å²) in [5.74, 6) is -1.93. The van der Waals surface area contributed by atoms with Gasteiger partial charge in [-0.3, -0.25) is 4.79 Å². The summed E-state index contributed by atoms with van der Waals surface area (Å²) in [5.41, 5.74) is -0.459. The minimum Gasteiger partial charge on any atom is -0.507 e. The Hall–Kier alpha value is -1.85. The highest BCUT2D eigenvalue weighted by atomic mass is 16.6. The van der Waals surface area contributed by atoms with Gasteiger partial charge < -0.3 is 20.0 Å². The van der Waals surface area contributed by atoms with E-state index in [1.807, 2.05) is 0 Å². The smallest absolute Gasteiger partial charge is 0.343 e. The maximum Gasteiger partial charge on any atom is 0.343 e. The largest absolute Gasteiger partial charge is 0.507 e. The molecule has 0 aliphatic rings. The zero-order valence-corrected chi connectivity index (χ0v) is 9.66. The van der Waals surface area contributed by atoms with Crippen molar-refractivity contribution in [2.75, 3.05) is 7.11 Å².